The number of ether oxygens (including phenoxy) is 4. The number of carbonyl (C=O) groups excluding carboxylic acids is 4. The van der Waals surface area contributed by atoms with Gasteiger partial charge >= 0.3 is 23.9 Å². The van der Waals surface area contributed by atoms with E-state index in [4.69, 9.17) is 88.6 Å². The van der Waals surface area contributed by atoms with Crippen molar-refractivity contribution in [3.8, 4) is 11.5 Å². The topological polar surface area (TPSA) is 105 Å². The van der Waals surface area contributed by atoms with Gasteiger partial charge in [-0.3, -0.25) is 0 Å². The molecule has 4 rings (SSSR count). The summed E-state index contributed by atoms with van der Waals surface area (Å²) in [6.45, 7) is 8.70. The van der Waals surface area contributed by atoms with Gasteiger partial charge in [0.1, 0.15) is 11.1 Å². The molecule has 2 aliphatic rings. The molecule has 0 N–H and O–H groups in total. The second-order valence-electron chi connectivity index (χ2n) is 12.7. The molecule has 262 valence electrons. The van der Waals surface area contributed by atoms with Crippen LogP contribution in [0.25, 0.3) is 0 Å². The van der Waals surface area contributed by atoms with Crippen LogP contribution in [0.2, 0.25) is 30.1 Å². The molecule has 14 heteroatoms. The lowest BCUT2D eigenvalue weighted by Crippen LogP contribution is -2.30. The summed E-state index contributed by atoms with van der Waals surface area (Å²) in [6.07, 6.45) is 5.79. The van der Waals surface area contributed by atoms with Crippen molar-refractivity contribution >= 4 is 93.5 Å². The van der Waals surface area contributed by atoms with Gasteiger partial charge in [-0.15, -0.1) is 0 Å². The average Bonchev–Trinajstić information content (AvgIpc) is 3.00. The van der Waals surface area contributed by atoms with Crippen molar-refractivity contribution in [2.24, 2.45) is 35.5 Å². The van der Waals surface area contributed by atoms with Gasteiger partial charge in [-0.2, -0.15) is 0 Å². The summed E-state index contributed by atoms with van der Waals surface area (Å²) in [4.78, 5) is 52.3. The van der Waals surface area contributed by atoms with Crippen molar-refractivity contribution in [1.82, 2.24) is 0 Å². The number of hydrogen-bond acceptors (Lipinski definition) is 8. The maximum absolute atomic E-state index is 13.1. The molecule has 2 saturated carbocycles. The smallest absolute Gasteiger partial charge is 0.423 e. The molecule has 0 spiro atoms. The fourth-order valence-corrected chi connectivity index (χ4v) is 7.75. The summed E-state index contributed by atoms with van der Waals surface area (Å²) in [5.41, 5.74) is -0.912. The zero-order chi connectivity index (χ0) is 35.4. The monoisotopic (exact) mass is 782 g/mol. The average molecular weight is 785 g/mol. The highest BCUT2D eigenvalue weighted by Crippen LogP contribution is 2.44. The first-order valence-corrected chi connectivity index (χ1v) is 18.0. The van der Waals surface area contributed by atoms with Crippen LogP contribution in [0.4, 0.5) is 0 Å². The molecule has 2 aliphatic carbocycles. The highest BCUT2D eigenvalue weighted by molar-refractivity contribution is 6.47. The van der Waals surface area contributed by atoms with Crippen LogP contribution in [0.15, 0.2) is 12.1 Å². The Labute approximate surface area is 309 Å². The first-order chi connectivity index (χ1) is 22.6. The Bertz CT molecular complexity index is 1460. The minimum Gasteiger partial charge on any atom is -0.462 e. The number of rotatable bonds is 12. The number of esters is 4. The van der Waals surface area contributed by atoms with E-state index in [9.17, 15) is 19.2 Å². The van der Waals surface area contributed by atoms with Gasteiger partial charge in [0.05, 0.1) is 43.3 Å². The predicted octanol–water partition coefficient (Wildman–Crippen LogP) is 10.6. The lowest BCUT2D eigenvalue weighted by molar-refractivity contribution is -0.156. The third-order valence-corrected chi connectivity index (χ3v) is 11.8. The van der Waals surface area contributed by atoms with Crippen molar-refractivity contribution in [3.05, 3.63) is 53.4 Å². The molecule has 6 unspecified atom stereocenters. The highest BCUT2D eigenvalue weighted by atomic mass is 35.5. The third kappa shape index (κ3) is 8.85. The molecule has 0 heterocycles. The molecular weight excluding hydrogens is 749 g/mol. The molecule has 0 bridgehead atoms. The molecule has 6 atom stereocenters. The van der Waals surface area contributed by atoms with Gasteiger partial charge in [0, 0.05) is 0 Å². The Balaban J connectivity index is 1.47. The standard InChI is InChI=1S/C34H36Cl6O8/c1-15-5-7-19(15)17(3)9-11-45-31(41)25-27(39)21(35)13-23(37)29(25)47-33(43)34(44)48-30-24(38)14-22(36)28(40)26(30)32(42)46-12-10-18(4)20-8-6-16(20)2/h13-20H,5-12H2,1-4H3. The van der Waals surface area contributed by atoms with Gasteiger partial charge < -0.3 is 18.9 Å². The fourth-order valence-electron chi connectivity index (χ4n) is 6.31. The van der Waals surface area contributed by atoms with Crippen LogP contribution in [-0.4, -0.2) is 37.1 Å². The van der Waals surface area contributed by atoms with Crippen LogP contribution in [0, 0.1) is 35.5 Å². The van der Waals surface area contributed by atoms with Gasteiger partial charge in [0.15, 0.2) is 11.5 Å². The van der Waals surface area contributed by atoms with E-state index in [0.29, 0.717) is 48.3 Å². The minimum absolute atomic E-state index is 0.0619. The molecule has 0 amide bonds. The summed E-state index contributed by atoms with van der Waals surface area (Å²) in [5, 5.41) is -1.46. The zero-order valence-electron chi connectivity index (χ0n) is 26.8. The SMILES string of the molecule is CC(CCOC(=O)c1c(Cl)c(Cl)cc(Cl)c1OC(=O)C(=O)Oc1c(Cl)cc(Cl)c(Cl)c1C(=O)OCCC(C)C1CCC1C)C1CCC1C. The van der Waals surface area contributed by atoms with Gasteiger partial charge in [-0.25, -0.2) is 19.2 Å². The molecule has 0 aromatic heterocycles. The number of halogens is 6. The van der Waals surface area contributed by atoms with Gasteiger partial charge in [0.2, 0.25) is 0 Å². The Hall–Kier alpha value is -1.94. The van der Waals surface area contributed by atoms with Crippen molar-refractivity contribution in [3.63, 3.8) is 0 Å². The minimum atomic E-state index is -1.64. The van der Waals surface area contributed by atoms with E-state index in [2.05, 4.69) is 27.7 Å². The van der Waals surface area contributed by atoms with E-state index in [0.717, 1.165) is 25.0 Å². The normalized spacial score (nSPS) is 21.3. The molecule has 0 saturated heterocycles. The largest absolute Gasteiger partial charge is 0.462 e. The van der Waals surface area contributed by atoms with Gasteiger partial charge in [-0.1, -0.05) is 110 Å². The lowest BCUT2D eigenvalue weighted by Gasteiger charge is -2.38. The summed E-state index contributed by atoms with van der Waals surface area (Å²) in [7, 11) is 0. The molecule has 0 radical (unpaired) electrons. The Morgan fingerprint density at radius 3 is 1.27 bits per heavy atom. The molecule has 2 aromatic rings. The molecule has 8 nitrogen and oxygen atoms in total. The first kappa shape index (κ1) is 38.9. The van der Waals surface area contributed by atoms with Gasteiger partial charge in [-0.05, 0) is 73.3 Å². The van der Waals surface area contributed by atoms with Crippen molar-refractivity contribution < 1.29 is 38.1 Å². The molecular formula is C34H36Cl6O8. The number of benzene rings is 2. The van der Waals surface area contributed by atoms with E-state index < -0.39 is 46.5 Å². The zero-order valence-corrected chi connectivity index (χ0v) is 31.3. The van der Waals surface area contributed by atoms with Crippen molar-refractivity contribution in [2.75, 3.05) is 13.2 Å². The van der Waals surface area contributed by atoms with Crippen LogP contribution in [0.1, 0.15) is 86.9 Å². The summed E-state index contributed by atoms with van der Waals surface area (Å²) < 4.78 is 21.3. The van der Waals surface area contributed by atoms with E-state index in [1.54, 1.807) is 0 Å². The molecule has 0 aliphatic heterocycles. The number of hydrogen-bond donors (Lipinski definition) is 0. The number of carbonyl (C=O) groups is 4. The summed E-state index contributed by atoms with van der Waals surface area (Å²) in [5.74, 6) is -3.40. The highest BCUT2D eigenvalue weighted by Gasteiger charge is 2.34. The quantitative estimate of drug-likeness (QED) is 0.0907. The maximum atomic E-state index is 13.1. The fraction of sp³-hybridized carbons (Fsp3) is 0.529. The van der Waals surface area contributed by atoms with E-state index in [-0.39, 0.29) is 43.3 Å². The van der Waals surface area contributed by atoms with E-state index in [1.165, 1.54) is 12.8 Å². The molecule has 2 fully saturated rings. The van der Waals surface area contributed by atoms with E-state index >= 15 is 0 Å². The van der Waals surface area contributed by atoms with Gasteiger partial charge in [0.25, 0.3) is 0 Å². The summed E-state index contributed by atoms with van der Waals surface area (Å²) >= 11 is 37.5. The predicted molar refractivity (Wildman–Crippen MR) is 186 cm³/mol. The Kier molecular flexibility index (Phi) is 13.6. The Morgan fingerprint density at radius 2 is 0.979 bits per heavy atom. The second kappa shape index (κ2) is 16.8. The maximum Gasteiger partial charge on any atom is 0.423 e. The third-order valence-electron chi connectivity index (χ3n) is 9.66. The van der Waals surface area contributed by atoms with Crippen LogP contribution < -0.4 is 9.47 Å². The van der Waals surface area contributed by atoms with E-state index in [1.807, 2.05) is 0 Å². The van der Waals surface area contributed by atoms with Crippen LogP contribution in [0.3, 0.4) is 0 Å². The molecule has 2 aromatic carbocycles. The van der Waals surface area contributed by atoms with Crippen LogP contribution in [-0.2, 0) is 19.1 Å². The summed E-state index contributed by atoms with van der Waals surface area (Å²) in [6, 6.07) is 2.26. The second-order valence-corrected chi connectivity index (χ2v) is 15.1. The first-order valence-electron chi connectivity index (χ1n) is 15.7. The van der Waals surface area contributed by atoms with Crippen LogP contribution in [0.5, 0.6) is 11.5 Å². The lowest BCUT2D eigenvalue weighted by atomic mass is 9.68. The van der Waals surface area contributed by atoms with Crippen molar-refractivity contribution in [1.29, 1.82) is 0 Å². The van der Waals surface area contributed by atoms with Crippen molar-refractivity contribution in [2.45, 2.75) is 66.2 Å². The molecule has 48 heavy (non-hydrogen) atoms. The Morgan fingerprint density at radius 1 is 0.625 bits per heavy atom. The van der Waals surface area contributed by atoms with Crippen LogP contribution >= 0.6 is 69.6 Å².